The van der Waals surface area contributed by atoms with E-state index in [-0.39, 0.29) is 6.04 Å². The van der Waals surface area contributed by atoms with E-state index in [1.165, 1.54) is 0 Å². The van der Waals surface area contributed by atoms with Crippen molar-refractivity contribution in [1.82, 2.24) is 9.62 Å². The Hall–Kier alpha value is -0.620. The van der Waals surface area contributed by atoms with Crippen LogP contribution in [0.15, 0.2) is 29.2 Å². The lowest BCUT2D eigenvalue weighted by atomic mass is 10.1. The monoisotopic (exact) mass is 316 g/mol. The van der Waals surface area contributed by atoms with Gasteiger partial charge in [0.2, 0.25) is 10.0 Å². The lowest BCUT2D eigenvalue weighted by Crippen LogP contribution is -2.48. The molecular formula is C14H21ClN2O2S. The summed E-state index contributed by atoms with van der Waals surface area (Å²) in [6, 6.07) is 6.45. The summed E-state index contributed by atoms with van der Waals surface area (Å²) < 4.78 is 27.2. The Morgan fingerprint density at radius 3 is 2.60 bits per heavy atom. The highest BCUT2D eigenvalue weighted by Gasteiger charge is 2.31. The van der Waals surface area contributed by atoms with Gasteiger partial charge in [-0.15, -0.1) is 0 Å². The number of nitrogens with zero attached hydrogens (tertiary/aromatic N) is 1. The summed E-state index contributed by atoms with van der Waals surface area (Å²) in [5.41, 5.74) is 0. The minimum Gasteiger partial charge on any atom is -0.315 e. The maximum atomic E-state index is 12.8. The molecule has 6 heteroatoms. The fourth-order valence-corrected chi connectivity index (χ4v) is 4.41. The quantitative estimate of drug-likeness (QED) is 0.908. The van der Waals surface area contributed by atoms with Crippen LogP contribution in [-0.2, 0) is 10.0 Å². The average molecular weight is 317 g/mol. The zero-order valence-corrected chi connectivity index (χ0v) is 13.3. The van der Waals surface area contributed by atoms with E-state index in [0.29, 0.717) is 16.5 Å². The summed E-state index contributed by atoms with van der Waals surface area (Å²) in [6.45, 7) is 4.25. The van der Waals surface area contributed by atoms with Gasteiger partial charge < -0.3 is 5.32 Å². The van der Waals surface area contributed by atoms with Crippen LogP contribution in [0.25, 0.3) is 0 Å². The van der Waals surface area contributed by atoms with Crippen molar-refractivity contribution in [3.05, 3.63) is 29.3 Å². The van der Waals surface area contributed by atoms with Crippen molar-refractivity contribution < 1.29 is 8.42 Å². The van der Waals surface area contributed by atoms with Crippen LogP contribution in [-0.4, -0.2) is 38.4 Å². The van der Waals surface area contributed by atoms with Crippen LogP contribution in [0.3, 0.4) is 0 Å². The first-order chi connectivity index (χ1) is 9.55. The Morgan fingerprint density at radius 2 is 2.05 bits per heavy atom. The third-order valence-corrected chi connectivity index (χ3v) is 5.76. The number of hydrogen-bond acceptors (Lipinski definition) is 3. The van der Waals surface area contributed by atoms with Gasteiger partial charge in [0, 0.05) is 24.2 Å². The van der Waals surface area contributed by atoms with Crippen LogP contribution in [0.1, 0.15) is 26.2 Å². The number of benzene rings is 1. The number of halogens is 1. The molecule has 0 amide bonds. The maximum absolute atomic E-state index is 12.8. The number of sulfonamides is 1. The van der Waals surface area contributed by atoms with Crippen molar-refractivity contribution in [1.29, 1.82) is 0 Å². The SMILES string of the molecule is CCCN(C1CCCNC1)S(=O)(=O)c1ccc(Cl)cc1. The second-order valence-electron chi connectivity index (χ2n) is 5.07. The number of nitrogens with one attached hydrogen (secondary N) is 1. The predicted octanol–water partition coefficient (Wildman–Crippen LogP) is 2.49. The molecule has 1 aliphatic rings. The predicted molar refractivity (Wildman–Crippen MR) is 81.5 cm³/mol. The molecule has 1 heterocycles. The summed E-state index contributed by atoms with van der Waals surface area (Å²) in [6.07, 6.45) is 2.74. The fraction of sp³-hybridized carbons (Fsp3) is 0.571. The van der Waals surface area contributed by atoms with Gasteiger partial charge in [-0.3, -0.25) is 0 Å². The first-order valence-corrected chi connectivity index (χ1v) is 8.85. The second-order valence-corrected chi connectivity index (χ2v) is 7.40. The Bertz CT molecular complexity index is 525. The highest BCUT2D eigenvalue weighted by Crippen LogP contribution is 2.23. The third-order valence-electron chi connectivity index (χ3n) is 3.54. The zero-order chi connectivity index (χ0) is 14.6. The molecule has 0 saturated carbocycles. The number of rotatable bonds is 5. The molecule has 1 saturated heterocycles. The average Bonchev–Trinajstić information content (AvgIpc) is 2.46. The van der Waals surface area contributed by atoms with E-state index in [0.717, 1.165) is 32.4 Å². The molecule has 1 aromatic carbocycles. The largest absolute Gasteiger partial charge is 0.315 e. The first-order valence-electron chi connectivity index (χ1n) is 7.04. The van der Waals surface area contributed by atoms with Crippen molar-refractivity contribution in [2.45, 2.75) is 37.1 Å². The van der Waals surface area contributed by atoms with Gasteiger partial charge in [0.05, 0.1) is 4.90 Å². The van der Waals surface area contributed by atoms with Crippen molar-refractivity contribution in [2.75, 3.05) is 19.6 Å². The van der Waals surface area contributed by atoms with E-state index in [9.17, 15) is 8.42 Å². The van der Waals surface area contributed by atoms with Gasteiger partial charge in [0.1, 0.15) is 0 Å². The van der Waals surface area contributed by atoms with Crippen LogP contribution in [0.4, 0.5) is 0 Å². The van der Waals surface area contributed by atoms with Gasteiger partial charge in [0.15, 0.2) is 0 Å². The Morgan fingerprint density at radius 1 is 1.35 bits per heavy atom. The Balaban J connectivity index is 2.28. The molecule has 1 atom stereocenters. The smallest absolute Gasteiger partial charge is 0.243 e. The third kappa shape index (κ3) is 3.52. The van der Waals surface area contributed by atoms with E-state index in [4.69, 9.17) is 11.6 Å². The number of piperidine rings is 1. The van der Waals surface area contributed by atoms with Gasteiger partial charge in [-0.25, -0.2) is 8.42 Å². The molecule has 1 aliphatic heterocycles. The van der Waals surface area contributed by atoms with E-state index < -0.39 is 10.0 Å². The van der Waals surface area contributed by atoms with E-state index >= 15 is 0 Å². The number of hydrogen-bond donors (Lipinski definition) is 1. The lowest BCUT2D eigenvalue weighted by Gasteiger charge is -2.33. The summed E-state index contributed by atoms with van der Waals surface area (Å²) >= 11 is 5.83. The zero-order valence-electron chi connectivity index (χ0n) is 11.7. The van der Waals surface area contributed by atoms with Crippen LogP contribution < -0.4 is 5.32 Å². The van der Waals surface area contributed by atoms with E-state index in [1.54, 1.807) is 28.6 Å². The Labute approximate surface area is 126 Å². The molecule has 0 spiro atoms. The molecule has 0 radical (unpaired) electrons. The molecule has 112 valence electrons. The lowest BCUT2D eigenvalue weighted by molar-refractivity contribution is 0.266. The van der Waals surface area contributed by atoms with E-state index in [1.807, 2.05) is 6.92 Å². The fourth-order valence-electron chi connectivity index (χ4n) is 2.54. The molecule has 4 nitrogen and oxygen atoms in total. The molecule has 1 fully saturated rings. The van der Waals surface area contributed by atoms with Crippen molar-refractivity contribution in [2.24, 2.45) is 0 Å². The second kappa shape index (κ2) is 6.89. The minimum atomic E-state index is -3.44. The highest BCUT2D eigenvalue weighted by atomic mass is 35.5. The standard InChI is InChI=1S/C14H21ClN2O2S/c1-2-10-17(13-4-3-9-16-11-13)20(18,19)14-7-5-12(15)6-8-14/h5-8,13,16H,2-4,9-11H2,1H3. The van der Waals surface area contributed by atoms with Crippen LogP contribution in [0, 0.1) is 0 Å². The van der Waals surface area contributed by atoms with Crippen molar-refractivity contribution in [3.63, 3.8) is 0 Å². The van der Waals surface area contributed by atoms with Crippen LogP contribution in [0.5, 0.6) is 0 Å². The van der Waals surface area contributed by atoms with Gasteiger partial charge in [-0.2, -0.15) is 4.31 Å². The molecule has 0 aromatic heterocycles. The summed E-state index contributed by atoms with van der Waals surface area (Å²) in [4.78, 5) is 0.320. The van der Waals surface area contributed by atoms with Crippen LogP contribution >= 0.6 is 11.6 Å². The van der Waals surface area contributed by atoms with Crippen molar-refractivity contribution >= 4 is 21.6 Å². The molecule has 1 unspecified atom stereocenters. The molecule has 20 heavy (non-hydrogen) atoms. The highest BCUT2D eigenvalue weighted by molar-refractivity contribution is 7.89. The van der Waals surface area contributed by atoms with Gasteiger partial charge in [0.25, 0.3) is 0 Å². The topological polar surface area (TPSA) is 49.4 Å². The summed E-state index contributed by atoms with van der Waals surface area (Å²) in [7, 11) is -3.44. The molecule has 1 aromatic rings. The van der Waals surface area contributed by atoms with Crippen LogP contribution in [0.2, 0.25) is 5.02 Å². The van der Waals surface area contributed by atoms with Crippen molar-refractivity contribution in [3.8, 4) is 0 Å². The molecular weight excluding hydrogens is 296 g/mol. The Kier molecular flexibility index (Phi) is 5.43. The van der Waals surface area contributed by atoms with Gasteiger partial charge in [-0.1, -0.05) is 18.5 Å². The molecule has 2 rings (SSSR count). The van der Waals surface area contributed by atoms with E-state index in [2.05, 4.69) is 5.32 Å². The molecule has 0 bridgehead atoms. The first kappa shape index (κ1) is 15.8. The normalized spacial score (nSPS) is 20.2. The summed E-state index contributed by atoms with van der Waals surface area (Å²) in [5, 5.41) is 3.83. The summed E-state index contributed by atoms with van der Waals surface area (Å²) in [5.74, 6) is 0. The van der Waals surface area contributed by atoms with Gasteiger partial charge in [-0.05, 0) is 50.1 Å². The molecule has 1 N–H and O–H groups in total. The maximum Gasteiger partial charge on any atom is 0.243 e. The van der Waals surface area contributed by atoms with Gasteiger partial charge >= 0.3 is 0 Å². The minimum absolute atomic E-state index is 0.0457. The molecule has 0 aliphatic carbocycles.